The van der Waals surface area contributed by atoms with Crippen molar-refractivity contribution in [2.24, 2.45) is 0 Å². The summed E-state index contributed by atoms with van der Waals surface area (Å²) in [6.07, 6.45) is 3.28. The van der Waals surface area contributed by atoms with Crippen molar-refractivity contribution in [1.29, 1.82) is 0 Å². The van der Waals surface area contributed by atoms with E-state index >= 15 is 0 Å². The fourth-order valence-corrected chi connectivity index (χ4v) is 1.62. The summed E-state index contributed by atoms with van der Waals surface area (Å²) in [5.41, 5.74) is 1.68. The Morgan fingerprint density at radius 2 is 2.15 bits per heavy atom. The maximum absolute atomic E-state index is 11.7. The fourth-order valence-electron chi connectivity index (χ4n) is 1.62. The largest absolute Gasteiger partial charge is 0.489 e. The van der Waals surface area contributed by atoms with E-state index in [9.17, 15) is 4.79 Å². The van der Waals surface area contributed by atoms with Crippen molar-refractivity contribution in [3.63, 3.8) is 0 Å². The van der Waals surface area contributed by atoms with Crippen molar-refractivity contribution < 1.29 is 9.53 Å². The maximum atomic E-state index is 11.7. The van der Waals surface area contributed by atoms with E-state index in [2.05, 4.69) is 24.1 Å². The first-order chi connectivity index (χ1) is 9.61. The second-order valence-electron chi connectivity index (χ2n) is 4.86. The Morgan fingerprint density at radius 3 is 2.85 bits per heavy atom. The first-order valence-electron chi connectivity index (χ1n) is 7.04. The van der Waals surface area contributed by atoms with Crippen molar-refractivity contribution in [3.05, 3.63) is 36.4 Å². The number of unbranched alkanes of at least 4 members (excludes halogenated alkanes) is 2. The molecule has 4 heteroatoms. The molecule has 110 valence electrons. The van der Waals surface area contributed by atoms with Gasteiger partial charge in [-0.1, -0.05) is 32.4 Å². The first kappa shape index (κ1) is 16.1. The van der Waals surface area contributed by atoms with Gasteiger partial charge in [0.2, 0.25) is 0 Å². The summed E-state index contributed by atoms with van der Waals surface area (Å²) in [6.45, 7) is 9.01. The second kappa shape index (κ2) is 9.02. The van der Waals surface area contributed by atoms with Crippen LogP contribution in [0.3, 0.4) is 0 Å². The number of nitrogens with one attached hydrogen (secondary N) is 2. The molecule has 20 heavy (non-hydrogen) atoms. The van der Waals surface area contributed by atoms with Crippen LogP contribution in [-0.2, 0) is 0 Å². The summed E-state index contributed by atoms with van der Waals surface area (Å²) >= 11 is 0. The number of hydrogen-bond acceptors (Lipinski definition) is 2. The van der Waals surface area contributed by atoms with Crippen LogP contribution in [0, 0.1) is 0 Å². The number of rotatable bonds is 8. The summed E-state index contributed by atoms with van der Waals surface area (Å²) in [4.78, 5) is 11.7. The normalized spacial score (nSPS) is 9.90. The predicted molar refractivity (Wildman–Crippen MR) is 83.3 cm³/mol. The molecule has 2 amide bonds. The van der Waals surface area contributed by atoms with Gasteiger partial charge in [0.1, 0.15) is 12.4 Å². The third-order valence-electron chi connectivity index (χ3n) is 2.64. The average molecular weight is 276 g/mol. The number of hydrogen-bond donors (Lipinski definition) is 2. The van der Waals surface area contributed by atoms with Gasteiger partial charge in [-0.25, -0.2) is 4.79 Å². The molecule has 0 spiro atoms. The van der Waals surface area contributed by atoms with E-state index in [1.165, 1.54) is 0 Å². The van der Waals surface area contributed by atoms with Crippen LogP contribution in [0.2, 0.25) is 0 Å². The Hall–Kier alpha value is -1.97. The van der Waals surface area contributed by atoms with E-state index in [0.717, 1.165) is 36.3 Å². The molecule has 0 saturated carbocycles. The lowest BCUT2D eigenvalue weighted by Crippen LogP contribution is -2.29. The van der Waals surface area contributed by atoms with Crippen LogP contribution in [0.15, 0.2) is 36.4 Å². The minimum absolute atomic E-state index is 0.182. The molecular formula is C16H24N2O2. The molecular weight excluding hydrogens is 252 g/mol. The highest BCUT2D eigenvalue weighted by Crippen LogP contribution is 2.17. The summed E-state index contributed by atoms with van der Waals surface area (Å²) < 4.78 is 5.53. The van der Waals surface area contributed by atoms with Gasteiger partial charge in [-0.05, 0) is 31.1 Å². The Labute approximate surface area is 121 Å². The van der Waals surface area contributed by atoms with Crippen molar-refractivity contribution in [3.8, 4) is 5.75 Å². The molecule has 0 aliphatic rings. The highest BCUT2D eigenvalue weighted by molar-refractivity contribution is 5.89. The van der Waals surface area contributed by atoms with Crippen LogP contribution in [0.5, 0.6) is 5.75 Å². The number of ether oxygens (including phenoxy) is 1. The lowest BCUT2D eigenvalue weighted by molar-refractivity contribution is 0.252. The van der Waals surface area contributed by atoms with Crippen LogP contribution < -0.4 is 15.4 Å². The lowest BCUT2D eigenvalue weighted by Gasteiger charge is -2.10. The van der Waals surface area contributed by atoms with Gasteiger partial charge in [-0.2, -0.15) is 0 Å². The zero-order chi connectivity index (χ0) is 14.8. The molecule has 1 aromatic rings. The van der Waals surface area contributed by atoms with E-state index in [1.807, 2.05) is 25.1 Å². The van der Waals surface area contributed by atoms with Gasteiger partial charge in [0, 0.05) is 18.3 Å². The van der Waals surface area contributed by atoms with E-state index in [-0.39, 0.29) is 6.03 Å². The quantitative estimate of drug-likeness (QED) is 0.558. The summed E-state index contributed by atoms with van der Waals surface area (Å²) in [7, 11) is 0. The minimum atomic E-state index is -0.182. The Balaban J connectivity index is 2.40. The second-order valence-corrected chi connectivity index (χ2v) is 4.86. The molecule has 4 nitrogen and oxygen atoms in total. The van der Waals surface area contributed by atoms with Crippen molar-refractivity contribution in [1.82, 2.24) is 5.32 Å². The molecule has 0 aliphatic heterocycles. The van der Waals surface area contributed by atoms with Crippen LogP contribution in [0.25, 0.3) is 0 Å². The van der Waals surface area contributed by atoms with Crippen molar-refractivity contribution in [2.45, 2.75) is 33.1 Å². The SMILES string of the molecule is C=C(C)COc1cccc(NC(=O)NCCCCC)c1. The average Bonchev–Trinajstić information content (AvgIpc) is 2.42. The summed E-state index contributed by atoms with van der Waals surface area (Å²) in [6, 6.07) is 7.15. The van der Waals surface area contributed by atoms with Gasteiger partial charge in [-0.3, -0.25) is 0 Å². The first-order valence-corrected chi connectivity index (χ1v) is 7.04. The molecule has 1 aromatic carbocycles. The van der Waals surface area contributed by atoms with Crippen LogP contribution in [-0.4, -0.2) is 19.2 Å². The smallest absolute Gasteiger partial charge is 0.319 e. The van der Waals surface area contributed by atoms with Gasteiger partial charge in [0.05, 0.1) is 0 Å². The Morgan fingerprint density at radius 1 is 1.35 bits per heavy atom. The van der Waals surface area contributed by atoms with Crippen LogP contribution in [0.1, 0.15) is 33.1 Å². The van der Waals surface area contributed by atoms with E-state index in [1.54, 1.807) is 6.07 Å². The molecule has 2 N–H and O–H groups in total. The summed E-state index contributed by atoms with van der Waals surface area (Å²) in [5.74, 6) is 0.719. The van der Waals surface area contributed by atoms with Gasteiger partial charge >= 0.3 is 6.03 Å². The van der Waals surface area contributed by atoms with Crippen molar-refractivity contribution >= 4 is 11.7 Å². The molecule has 0 heterocycles. The number of carbonyl (C=O) groups excluding carboxylic acids is 1. The number of carbonyl (C=O) groups is 1. The number of amides is 2. The van der Waals surface area contributed by atoms with E-state index in [0.29, 0.717) is 13.2 Å². The number of urea groups is 1. The molecule has 0 unspecified atom stereocenters. The lowest BCUT2D eigenvalue weighted by atomic mass is 10.2. The van der Waals surface area contributed by atoms with E-state index < -0.39 is 0 Å². The third-order valence-corrected chi connectivity index (χ3v) is 2.64. The highest BCUT2D eigenvalue weighted by atomic mass is 16.5. The maximum Gasteiger partial charge on any atom is 0.319 e. The molecule has 0 saturated heterocycles. The number of anilines is 1. The summed E-state index contributed by atoms with van der Waals surface area (Å²) in [5, 5.41) is 5.63. The fraction of sp³-hybridized carbons (Fsp3) is 0.438. The van der Waals surface area contributed by atoms with Crippen molar-refractivity contribution in [2.75, 3.05) is 18.5 Å². The minimum Gasteiger partial charge on any atom is -0.489 e. The van der Waals surface area contributed by atoms with Gasteiger partial charge in [-0.15, -0.1) is 0 Å². The van der Waals surface area contributed by atoms with Gasteiger partial charge in [0.15, 0.2) is 0 Å². The molecule has 0 aliphatic carbocycles. The zero-order valence-electron chi connectivity index (χ0n) is 12.4. The van der Waals surface area contributed by atoms with Gasteiger partial charge < -0.3 is 15.4 Å². The standard InChI is InChI=1S/C16H24N2O2/c1-4-5-6-10-17-16(19)18-14-8-7-9-15(11-14)20-12-13(2)3/h7-9,11H,2,4-6,10,12H2,1,3H3,(H2,17,18,19). The van der Waals surface area contributed by atoms with Crippen LogP contribution >= 0.6 is 0 Å². The molecule has 0 aromatic heterocycles. The zero-order valence-corrected chi connectivity index (χ0v) is 12.4. The molecule has 0 radical (unpaired) electrons. The monoisotopic (exact) mass is 276 g/mol. The molecule has 0 fully saturated rings. The van der Waals surface area contributed by atoms with Crippen LogP contribution in [0.4, 0.5) is 10.5 Å². The third kappa shape index (κ3) is 6.83. The predicted octanol–water partition coefficient (Wildman–Crippen LogP) is 3.95. The molecule has 1 rings (SSSR count). The Kier molecular flexibility index (Phi) is 7.25. The highest BCUT2D eigenvalue weighted by Gasteiger charge is 2.02. The number of benzene rings is 1. The topological polar surface area (TPSA) is 50.4 Å². The Bertz CT molecular complexity index is 444. The van der Waals surface area contributed by atoms with Gasteiger partial charge in [0.25, 0.3) is 0 Å². The molecule has 0 atom stereocenters. The molecule has 0 bridgehead atoms. The van der Waals surface area contributed by atoms with E-state index in [4.69, 9.17) is 4.74 Å².